The number of halogens is 1. The molecule has 0 aliphatic carbocycles. The van der Waals surface area contributed by atoms with E-state index in [2.05, 4.69) is 5.10 Å². The minimum Gasteiger partial charge on any atom is -0.496 e. The summed E-state index contributed by atoms with van der Waals surface area (Å²) in [5.41, 5.74) is 1.14. The van der Waals surface area contributed by atoms with Gasteiger partial charge in [-0.25, -0.2) is 0 Å². The highest BCUT2D eigenvalue weighted by Crippen LogP contribution is 2.30. The van der Waals surface area contributed by atoms with Gasteiger partial charge < -0.3 is 14.4 Å². The zero-order chi connectivity index (χ0) is 16.3. The molecule has 0 aliphatic rings. The molecule has 0 atom stereocenters. The number of rotatable bonds is 5. The van der Waals surface area contributed by atoms with Crippen molar-refractivity contribution in [3.63, 3.8) is 0 Å². The van der Waals surface area contributed by atoms with Gasteiger partial charge in [0.2, 0.25) is 0 Å². The number of ether oxygens (including phenoxy) is 2. The summed E-state index contributed by atoms with van der Waals surface area (Å²) in [6, 6.07) is 5.22. The molecule has 2 rings (SSSR count). The lowest BCUT2D eigenvalue weighted by Gasteiger charge is -2.20. The highest BCUT2D eigenvalue weighted by molar-refractivity contribution is 6.31. The minimum absolute atomic E-state index is 0.216. The first-order chi connectivity index (χ1) is 10.5. The molecule has 0 radical (unpaired) electrons. The topological polar surface area (TPSA) is 56.6 Å². The first-order valence-electron chi connectivity index (χ1n) is 6.62. The molecule has 1 aromatic heterocycles. The van der Waals surface area contributed by atoms with Gasteiger partial charge in [0.05, 0.1) is 37.7 Å². The van der Waals surface area contributed by atoms with Crippen LogP contribution < -0.4 is 9.47 Å². The van der Waals surface area contributed by atoms with Crippen LogP contribution in [-0.4, -0.2) is 41.9 Å². The van der Waals surface area contributed by atoms with E-state index in [0.717, 1.165) is 5.69 Å². The van der Waals surface area contributed by atoms with Crippen molar-refractivity contribution in [1.82, 2.24) is 14.7 Å². The van der Waals surface area contributed by atoms with Crippen LogP contribution in [0.15, 0.2) is 24.4 Å². The molecule has 0 N–H and O–H groups in total. The smallest absolute Gasteiger partial charge is 0.261 e. The molecule has 0 fully saturated rings. The number of aryl methyl sites for hydroxylation is 1. The van der Waals surface area contributed by atoms with Crippen molar-refractivity contribution in [3.8, 4) is 11.5 Å². The van der Waals surface area contributed by atoms with Gasteiger partial charge in [0, 0.05) is 14.1 Å². The second-order valence-corrected chi connectivity index (χ2v) is 5.17. The summed E-state index contributed by atoms with van der Waals surface area (Å²) in [7, 11) is 6.51. The van der Waals surface area contributed by atoms with E-state index >= 15 is 0 Å². The Bertz CT molecular complexity index is 643. The molecule has 2 aromatic rings. The van der Waals surface area contributed by atoms with E-state index in [1.54, 1.807) is 48.1 Å². The molecule has 0 bridgehead atoms. The van der Waals surface area contributed by atoms with E-state index in [1.807, 2.05) is 0 Å². The quantitative estimate of drug-likeness (QED) is 0.847. The molecule has 0 saturated heterocycles. The van der Waals surface area contributed by atoms with Crippen molar-refractivity contribution in [1.29, 1.82) is 0 Å². The SMILES string of the molecule is COc1cccc(OC)c1C(=O)N(C)Cc1c(Cl)cnn1C. The van der Waals surface area contributed by atoms with Gasteiger partial charge in [-0.1, -0.05) is 17.7 Å². The summed E-state index contributed by atoms with van der Waals surface area (Å²) in [4.78, 5) is 14.3. The molecule has 1 aromatic carbocycles. The average molecular weight is 324 g/mol. The summed E-state index contributed by atoms with van der Waals surface area (Å²) < 4.78 is 12.2. The average Bonchev–Trinajstić information content (AvgIpc) is 2.85. The van der Waals surface area contributed by atoms with Crippen molar-refractivity contribution >= 4 is 17.5 Å². The molecule has 6 nitrogen and oxygen atoms in total. The van der Waals surface area contributed by atoms with E-state index in [0.29, 0.717) is 28.6 Å². The minimum atomic E-state index is -0.216. The summed E-state index contributed by atoms with van der Waals surface area (Å²) in [5.74, 6) is 0.714. The highest BCUT2D eigenvalue weighted by atomic mass is 35.5. The fraction of sp³-hybridized carbons (Fsp3) is 0.333. The predicted molar refractivity (Wildman–Crippen MR) is 83.6 cm³/mol. The first kappa shape index (κ1) is 16.2. The molecular weight excluding hydrogens is 306 g/mol. The Morgan fingerprint density at radius 2 is 1.91 bits per heavy atom. The van der Waals surface area contributed by atoms with Crippen molar-refractivity contribution in [2.75, 3.05) is 21.3 Å². The Morgan fingerprint density at radius 1 is 1.32 bits per heavy atom. The second-order valence-electron chi connectivity index (χ2n) is 4.76. The fourth-order valence-corrected chi connectivity index (χ4v) is 2.39. The molecule has 1 heterocycles. The van der Waals surface area contributed by atoms with E-state index in [1.165, 1.54) is 14.2 Å². The van der Waals surface area contributed by atoms with Crippen LogP contribution in [0.2, 0.25) is 5.02 Å². The van der Waals surface area contributed by atoms with Crippen LogP contribution in [0.5, 0.6) is 11.5 Å². The zero-order valence-electron chi connectivity index (χ0n) is 13.0. The van der Waals surface area contributed by atoms with Gasteiger partial charge >= 0.3 is 0 Å². The number of amides is 1. The zero-order valence-corrected chi connectivity index (χ0v) is 13.7. The predicted octanol–water partition coefficient (Wildman–Crippen LogP) is 2.36. The van der Waals surface area contributed by atoms with Crippen LogP contribution in [0.3, 0.4) is 0 Å². The fourth-order valence-electron chi connectivity index (χ4n) is 2.16. The molecule has 0 spiro atoms. The maximum absolute atomic E-state index is 12.7. The number of benzene rings is 1. The van der Waals surface area contributed by atoms with Crippen LogP contribution in [0.25, 0.3) is 0 Å². The maximum Gasteiger partial charge on any atom is 0.261 e. The maximum atomic E-state index is 12.7. The van der Waals surface area contributed by atoms with Gasteiger partial charge in [-0.05, 0) is 12.1 Å². The number of hydrogen-bond acceptors (Lipinski definition) is 4. The number of hydrogen-bond donors (Lipinski definition) is 0. The summed E-state index contributed by atoms with van der Waals surface area (Å²) in [6.45, 7) is 0.329. The van der Waals surface area contributed by atoms with E-state index in [4.69, 9.17) is 21.1 Å². The number of aromatic nitrogens is 2. The van der Waals surface area contributed by atoms with E-state index in [9.17, 15) is 4.79 Å². The third-order valence-electron chi connectivity index (χ3n) is 3.39. The Balaban J connectivity index is 2.32. The molecule has 0 aliphatic heterocycles. The van der Waals surface area contributed by atoms with Gasteiger partial charge in [0.15, 0.2) is 0 Å². The van der Waals surface area contributed by atoms with Crippen molar-refractivity contribution in [3.05, 3.63) is 40.7 Å². The highest BCUT2D eigenvalue weighted by Gasteiger charge is 2.23. The van der Waals surface area contributed by atoms with Gasteiger partial charge in [-0.15, -0.1) is 0 Å². The molecular formula is C15H18ClN3O3. The number of methoxy groups -OCH3 is 2. The van der Waals surface area contributed by atoms with Gasteiger partial charge in [-0.3, -0.25) is 9.48 Å². The Hall–Kier alpha value is -2.21. The largest absolute Gasteiger partial charge is 0.496 e. The van der Waals surface area contributed by atoms with Gasteiger partial charge in [-0.2, -0.15) is 5.10 Å². The monoisotopic (exact) mass is 323 g/mol. The lowest BCUT2D eigenvalue weighted by Crippen LogP contribution is -2.28. The van der Waals surface area contributed by atoms with Crippen LogP contribution in [0.4, 0.5) is 0 Å². The third-order valence-corrected chi connectivity index (χ3v) is 3.70. The standard InChI is InChI=1S/C15H18ClN3O3/c1-18(9-11-10(16)8-17-19(11)2)15(20)14-12(21-3)6-5-7-13(14)22-4/h5-8H,9H2,1-4H3. The molecule has 118 valence electrons. The molecule has 0 unspecified atom stereocenters. The molecule has 0 saturated carbocycles. The van der Waals surface area contributed by atoms with Gasteiger partial charge in [0.1, 0.15) is 17.1 Å². The van der Waals surface area contributed by atoms with E-state index in [-0.39, 0.29) is 5.91 Å². The van der Waals surface area contributed by atoms with Gasteiger partial charge in [0.25, 0.3) is 5.91 Å². The van der Waals surface area contributed by atoms with Crippen LogP contribution in [0.1, 0.15) is 16.1 Å². The molecule has 7 heteroatoms. The van der Waals surface area contributed by atoms with Crippen LogP contribution in [0, 0.1) is 0 Å². The lowest BCUT2D eigenvalue weighted by molar-refractivity contribution is 0.0775. The van der Waals surface area contributed by atoms with E-state index < -0.39 is 0 Å². The Labute approximate surface area is 134 Å². The number of carbonyl (C=O) groups is 1. The second kappa shape index (κ2) is 6.70. The molecule has 1 amide bonds. The molecule has 22 heavy (non-hydrogen) atoms. The van der Waals surface area contributed by atoms with Crippen molar-refractivity contribution in [2.45, 2.75) is 6.54 Å². The third kappa shape index (κ3) is 3.01. The van der Waals surface area contributed by atoms with Crippen molar-refractivity contribution < 1.29 is 14.3 Å². The summed E-state index contributed by atoms with van der Waals surface area (Å²) in [5, 5.41) is 4.59. The summed E-state index contributed by atoms with van der Waals surface area (Å²) >= 11 is 6.09. The Kier molecular flexibility index (Phi) is 4.92. The number of carbonyl (C=O) groups excluding carboxylic acids is 1. The summed E-state index contributed by atoms with van der Waals surface area (Å²) in [6.07, 6.45) is 1.55. The van der Waals surface area contributed by atoms with Crippen LogP contribution >= 0.6 is 11.6 Å². The van der Waals surface area contributed by atoms with Crippen molar-refractivity contribution in [2.24, 2.45) is 7.05 Å². The Morgan fingerprint density at radius 3 is 2.36 bits per heavy atom. The number of nitrogens with zero attached hydrogens (tertiary/aromatic N) is 3. The lowest BCUT2D eigenvalue weighted by atomic mass is 10.1. The normalized spacial score (nSPS) is 10.4. The van der Waals surface area contributed by atoms with Crippen LogP contribution in [-0.2, 0) is 13.6 Å². The first-order valence-corrected chi connectivity index (χ1v) is 7.00.